The molecule has 0 N–H and O–H groups in total. The monoisotopic (exact) mass is 318 g/mol. The minimum absolute atomic E-state index is 0.114. The van der Waals surface area contributed by atoms with Crippen LogP contribution in [0.3, 0.4) is 0 Å². The van der Waals surface area contributed by atoms with Crippen molar-refractivity contribution in [1.29, 1.82) is 0 Å². The van der Waals surface area contributed by atoms with E-state index in [0.717, 1.165) is 6.42 Å². The van der Waals surface area contributed by atoms with Gasteiger partial charge in [0, 0.05) is 20.8 Å². The highest BCUT2D eigenvalue weighted by Crippen LogP contribution is 2.49. The lowest BCUT2D eigenvalue weighted by Gasteiger charge is -2.16. The van der Waals surface area contributed by atoms with Gasteiger partial charge in [-0.2, -0.15) is 0 Å². The fourth-order valence-electron chi connectivity index (χ4n) is 0.715. The van der Waals surface area contributed by atoms with E-state index < -0.39 is 12.8 Å². The first-order valence-electron chi connectivity index (χ1n) is 4.63. The van der Waals surface area contributed by atoms with Crippen molar-refractivity contribution >= 4 is 29.5 Å². The number of hydrogen-bond donors (Lipinski definition) is 0. The number of hydrogen-bond acceptors (Lipinski definition) is 6. The molecule has 0 aliphatic carbocycles. The highest BCUT2D eigenvalue weighted by Gasteiger charge is 2.30. The molecule has 96 valence electrons. The maximum Gasteiger partial charge on any atom is 0.475 e. The van der Waals surface area contributed by atoms with Crippen molar-refractivity contribution in [2.75, 3.05) is 27.4 Å². The van der Waals surface area contributed by atoms with Crippen molar-refractivity contribution in [2.24, 2.45) is 0 Å². The third-order valence-corrected chi connectivity index (χ3v) is 3.86. The molecule has 0 aromatic heterocycles. The Morgan fingerprint density at radius 2 is 1.94 bits per heavy atom. The Labute approximate surface area is 103 Å². The van der Waals surface area contributed by atoms with Crippen LogP contribution in [0.4, 0.5) is 0 Å². The SMILES string of the molecule is CCCOCC(=O)C(Br)OP(=O)(OC)OC. The summed E-state index contributed by atoms with van der Waals surface area (Å²) in [6, 6.07) is 0. The molecule has 8 heteroatoms. The van der Waals surface area contributed by atoms with Crippen LogP contribution in [0.2, 0.25) is 0 Å². The standard InChI is InChI=1S/C8H16BrO6P/c1-4-5-14-6-7(10)8(9)15-16(11,12-2)13-3/h8H,4-6H2,1-3H3. The van der Waals surface area contributed by atoms with Gasteiger partial charge in [0.1, 0.15) is 6.61 Å². The van der Waals surface area contributed by atoms with Crippen molar-refractivity contribution < 1.29 is 27.7 Å². The molecule has 0 radical (unpaired) electrons. The van der Waals surface area contributed by atoms with Gasteiger partial charge in [0.05, 0.1) is 0 Å². The zero-order valence-corrected chi connectivity index (χ0v) is 12.0. The summed E-state index contributed by atoms with van der Waals surface area (Å²) in [5.74, 6) is -0.386. The second-order valence-corrected chi connectivity index (χ2v) is 5.42. The Hall–Kier alpha value is 0.220. The molecule has 0 aromatic carbocycles. The number of phosphoric ester groups is 1. The summed E-state index contributed by atoms with van der Waals surface area (Å²) < 4.78 is 30.4. The molecule has 1 atom stereocenters. The lowest BCUT2D eigenvalue weighted by Crippen LogP contribution is -2.22. The first-order chi connectivity index (χ1) is 7.49. The largest absolute Gasteiger partial charge is 0.475 e. The minimum Gasteiger partial charge on any atom is -0.374 e. The summed E-state index contributed by atoms with van der Waals surface area (Å²) in [6.07, 6.45) is 0.815. The Morgan fingerprint density at radius 3 is 2.38 bits per heavy atom. The number of ether oxygens (including phenoxy) is 1. The van der Waals surface area contributed by atoms with Gasteiger partial charge in [0.25, 0.3) is 0 Å². The average Bonchev–Trinajstić information content (AvgIpc) is 2.29. The maximum absolute atomic E-state index is 11.5. The van der Waals surface area contributed by atoms with Crippen molar-refractivity contribution in [3.8, 4) is 0 Å². The van der Waals surface area contributed by atoms with Gasteiger partial charge in [0.2, 0.25) is 0 Å². The summed E-state index contributed by atoms with van der Waals surface area (Å²) in [5, 5.41) is -1.07. The zero-order chi connectivity index (χ0) is 12.6. The molecule has 0 amide bonds. The van der Waals surface area contributed by atoms with Crippen LogP contribution in [-0.2, 0) is 27.7 Å². The molecular formula is C8H16BrO6P. The number of rotatable bonds is 9. The van der Waals surface area contributed by atoms with Crippen molar-refractivity contribution in [3.05, 3.63) is 0 Å². The molecule has 0 spiro atoms. The smallest absolute Gasteiger partial charge is 0.374 e. The topological polar surface area (TPSA) is 71.1 Å². The predicted molar refractivity (Wildman–Crippen MR) is 61.5 cm³/mol. The molecule has 0 aromatic rings. The summed E-state index contributed by atoms with van der Waals surface area (Å²) in [6.45, 7) is 2.30. The van der Waals surface area contributed by atoms with E-state index in [1.807, 2.05) is 6.92 Å². The predicted octanol–water partition coefficient (Wildman–Crippen LogP) is 2.12. The second kappa shape index (κ2) is 8.33. The Bertz CT molecular complexity index is 251. The lowest BCUT2D eigenvalue weighted by molar-refractivity contribution is -0.127. The lowest BCUT2D eigenvalue weighted by atomic mass is 10.4. The highest BCUT2D eigenvalue weighted by molar-refractivity contribution is 9.09. The Kier molecular flexibility index (Phi) is 8.45. The van der Waals surface area contributed by atoms with Crippen LogP contribution in [0, 0.1) is 0 Å². The molecule has 0 saturated carbocycles. The number of halogens is 1. The van der Waals surface area contributed by atoms with Gasteiger partial charge in [-0.15, -0.1) is 0 Å². The molecule has 0 saturated heterocycles. The minimum atomic E-state index is -3.65. The van der Waals surface area contributed by atoms with Crippen molar-refractivity contribution in [3.63, 3.8) is 0 Å². The Balaban J connectivity index is 4.09. The summed E-state index contributed by atoms with van der Waals surface area (Å²) >= 11 is 2.93. The third-order valence-electron chi connectivity index (χ3n) is 1.51. The molecule has 0 aliphatic heterocycles. The first kappa shape index (κ1) is 16.2. The summed E-state index contributed by atoms with van der Waals surface area (Å²) in [4.78, 5) is 11.4. The number of Topliss-reactive ketones (excluding diaryl/α,β-unsaturated/α-hetero) is 1. The number of phosphoric acid groups is 1. The molecular weight excluding hydrogens is 303 g/mol. The van der Waals surface area contributed by atoms with Crippen LogP contribution >= 0.6 is 23.8 Å². The van der Waals surface area contributed by atoms with Crippen LogP contribution < -0.4 is 0 Å². The number of alkyl halides is 1. The normalized spacial score (nSPS) is 13.8. The second-order valence-electron chi connectivity index (χ2n) is 2.75. The van der Waals surface area contributed by atoms with E-state index in [-0.39, 0.29) is 12.4 Å². The summed E-state index contributed by atoms with van der Waals surface area (Å²) in [7, 11) is -1.32. The van der Waals surface area contributed by atoms with Crippen LogP contribution in [-0.4, -0.2) is 38.2 Å². The van der Waals surface area contributed by atoms with Crippen LogP contribution in [0.25, 0.3) is 0 Å². The molecule has 16 heavy (non-hydrogen) atoms. The summed E-state index contributed by atoms with van der Waals surface area (Å²) in [5.41, 5.74) is 0. The fourth-order valence-corrected chi connectivity index (χ4v) is 2.13. The van der Waals surface area contributed by atoms with Gasteiger partial charge in [0.15, 0.2) is 10.8 Å². The fraction of sp³-hybridized carbons (Fsp3) is 0.875. The molecule has 0 aliphatic rings. The van der Waals surface area contributed by atoms with Crippen LogP contribution in [0.15, 0.2) is 0 Å². The molecule has 0 bridgehead atoms. The number of carbonyl (C=O) groups excluding carboxylic acids is 1. The molecule has 1 unspecified atom stereocenters. The van der Waals surface area contributed by atoms with E-state index >= 15 is 0 Å². The first-order valence-corrected chi connectivity index (χ1v) is 7.01. The third kappa shape index (κ3) is 6.08. The van der Waals surface area contributed by atoms with Gasteiger partial charge in [-0.05, 0) is 22.4 Å². The number of carbonyl (C=O) groups is 1. The maximum atomic E-state index is 11.5. The van der Waals surface area contributed by atoms with Gasteiger partial charge in [-0.25, -0.2) is 4.57 Å². The van der Waals surface area contributed by atoms with Crippen LogP contribution in [0.5, 0.6) is 0 Å². The van der Waals surface area contributed by atoms with Gasteiger partial charge >= 0.3 is 7.82 Å². The van der Waals surface area contributed by atoms with E-state index in [9.17, 15) is 9.36 Å². The molecule has 0 rings (SSSR count). The van der Waals surface area contributed by atoms with Gasteiger partial charge in [-0.1, -0.05) is 6.92 Å². The molecule has 0 heterocycles. The molecule has 0 fully saturated rings. The van der Waals surface area contributed by atoms with E-state index in [2.05, 4.69) is 25.0 Å². The van der Waals surface area contributed by atoms with Gasteiger partial charge in [-0.3, -0.25) is 18.4 Å². The molecule has 6 nitrogen and oxygen atoms in total. The number of ketones is 1. The van der Waals surface area contributed by atoms with E-state index in [1.165, 1.54) is 14.2 Å². The van der Waals surface area contributed by atoms with Crippen molar-refractivity contribution in [2.45, 2.75) is 18.4 Å². The van der Waals surface area contributed by atoms with E-state index in [1.54, 1.807) is 0 Å². The quantitative estimate of drug-likeness (QED) is 0.368. The van der Waals surface area contributed by atoms with Crippen LogP contribution in [0.1, 0.15) is 13.3 Å². The Morgan fingerprint density at radius 1 is 1.38 bits per heavy atom. The average molecular weight is 319 g/mol. The van der Waals surface area contributed by atoms with E-state index in [4.69, 9.17) is 9.26 Å². The van der Waals surface area contributed by atoms with E-state index in [0.29, 0.717) is 6.61 Å². The van der Waals surface area contributed by atoms with Crippen molar-refractivity contribution in [1.82, 2.24) is 0 Å². The van der Waals surface area contributed by atoms with Gasteiger partial charge < -0.3 is 4.74 Å². The highest BCUT2D eigenvalue weighted by atomic mass is 79.9. The zero-order valence-electron chi connectivity index (χ0n) is 9.47.